The number of aromatic hydroxyl groups is 1. The number of benzene rings is 1. The molecule has 0 amide bonds. The smallest absolute Gasteiger partial charge is 0.179 e. The first-order valence-corrected chi connectivity index (χ1v) is 5.99. The Morgan fingerprint density at radius 2 is 2.06 bits per heavy atom. The first kappa shape index (κ1) is 11.2. The molecular formula is C11H9BrN2O4. The van der Waals surface area contributed by atoms with Crippen molar-refractivity contribution >= 4 is 21.7 Å². The zero-order valence-electron chi connectivity index (χ0n) is 9.14. The zero-order chi connectivity index (χ0) is 12.7. The number of hydrogen-bond acceptors (Lipinski definition) is 6. The van der Waals surface area contributed by atoms with Gasteiger partial charge in [-0.1, -0.05) is 5.16 Å². The molecule has 3 N–H and O–H groups in total. The molecule has 0 radical (unpaired) electrons. The molecule has 0 atom stereocenters. The second kappa shape index (κ2) is 4.09. The van der Waals surface area contributed by atoms with Gasteiger partial charge in [-0.3, -0.25) is 0 Å². The van der Waals surface area contributed by atoms with Crippen LogP contribution in [0.4, 0.5) is 5.82 Å². The van der Waals surface area contributed by atoms with E-state index in [2.05, 4.69) is 21.1 Å². The summed E-state index contributed by atoms with van der Waals surface area (Å²) in [5.74, 6) is 1.62. The van der Waals surface area contributed by atoms with E-state index in [1.54, 1.807) is 6.07 Å². The number of aromatic nitrogens is 1. The largest absolute Gasteiger partial charge is 0.506 e. The summed E-state index contributed by atoms with van der Waals surface area (Å²) in [4.78, 5) is 0. The summed E-state index contributed by atoms with van der Waals surface area (Å²) in [5.41, 5.74) is 5.93. The predicted molar refractivity (Wildman–Crippen MR) is 66.7 cm³/mol. The third kappa shape index (κ3) is 1.67. The fourth-order valence-electron chi connectivity index (χ4n) is 1.74. The molecule has 0 unspecified atom stereocenters. The Balaban J connectivity index is 2.18. The van der Waals surface area contributed by atoms with Gasteiger partial charge in [0.25, 0.3) is 0 Å². The lowest BCUT2D eigenvalue weighted by atomic mass is 10.1. The number of ether oxygens (including phenoxy) is 2. The van der Waals surface area contributed by atoms with Crippen LogP contribution < -0.4 is 15.2 Å². The lowest BCUT2D eigenvalue weighted by Gasteiger charge is -2.20. The van der Waals surface area contributed by atoms with Crippen LogP contribution in [0.1, 0.15) is 0 Å². The monoisotopic (exact) mass is 312 g/mol. The molecule has 3 rings (SSSR count). The summed E-state index contributed by atoms with van der Waals surface area (Å²) in [5, 5.41) is 13.7. The minimum absolute atomic E-state index is 0.00426. The average Bonchev–Trinajstić information content (AvgIpc) is 2.80. The number of nitrogens with zero attached hydrogens (tertiary/aromatic N) is 1. The quantitative estimate of drug-likeness (QED) is 0.838. The van der Waals surface area contributed by atoms with Gasteiger partial charge in [-0.15, -0.1) is 0 Å². The van der Waals surface area contributed by atoms with Crippen LogP contribution in [-0.2, 0) is 0 Å². The molecule has 0 saturated carbocycles. The van der Waals surface area contributed by atoms with Gasteiger partial charge in [0.15, 0.2) is 23.1 Å². The second-order valence-corrected chi connectivity index (χ2v) is 4.52. The van der Waals surface area contributed by atoms with Crippen LogP contribution in [-0.4, -0.2) is 23.5 Å². The predicted octanol–water partition coefficient (Wildman–Crippen LogP) is 2.16. The van der Waals surface area contributed by atoms with Crippen molar-refractivity contribution in [2.24, 2.45) is 0 Å². The van der Waals surface area contributed by atoms with Crippen LogP contribution in [0.15, 0.2) is 21.1 Å². The lowest BCUT2D eigenvalue weighted by Crippen LogP contribution is -2.15. The molecule has 0 spiro atoms. The highest BCUT2D eigenvalue weighted by molar-refractivity contribution is 9.10. The van der Waals surface area contributed by atoms with Crippen LogP contribution in [0.25, 0.3) is 11.3 Å². The van der Waals surface area contributed by atoms with E-state index in [-0.39, 0.29) is 11.6 Å². The number of nitrogen functional groups attached to an aromatic ring is 1. The van der Waals surface area contributed by atoms with Gasteiger partial charge >= 0.3 is 0 Å². The van der Waals surface area contributed by atoms with E-state index < -0.39 is 0 Å². The van der Waals surface area contributed by atoms with E-state index in [9.17, 15) is 5.11 Å². The highest BCUT2D eigenvalue weighted by Gasteiger charge is 2.23. The standard InChI is InChI=1S/C11H9BrN2O4/c12-9-10(15)5(6-4-8(13)14-18-6)3-7-11(9)17-2-1-16-7/h3-4,15H,1-2H2,(H2,13,14). The van der Waals surface area contributed by atoms with Crippen LogP contribution >= 0.6 is 15.9 Å². The van der Waals surface area contributed by atoms with Gasteiger partial charge in [-0.05, 0) is 22.0 Å². The topological polar surface area (TPSA) is 90.7 Å². The van der Waals surface area contributed by atoms with Crippen molar-refractivity contribution in [2.45, 2.75) is 0 Å². The molecule has 0 bridgehead atoms. The third-order valence-corrected chi connectivity index (χ3v) is 3.28. The molecule has 1 aliphatic heterocycles. The fraction of sp³-hybridized carbons (Fsp3) is 0.182. The summed E-state index contributed by atoms with van der Waals surface area (Å²) in [6, 6.07) is 3.16. The van der Waals surface area contributed by atoms with Crippen molar-refractivity contribution < 1.29 is 19.1 Å². The Hall–Kier alpha value is -1.89. The average molecular weight is 313 g/mol. The molecule has 2 heterocycles. The molecule has 18 heavy (non-hydrogen) atoms. The highest BCUT2D eigenvalue weighted by Crippen LogP contribution is 2.48. The first-order chi connectivity index (χ1) is 8.66. The highest BCUT2D eigenvalue weighted by atomic mass is 79.9. The molecule has 2 aromatic rings. The molecule has 0 aliphatic carbocycles. The minimum atomic E-state index is -0.00426. The van der Waals surface area contributed by atoms with Gasteiger partial charge in [0.05, 0.1) is 5.56 Å². The second-order valence-electron chi connectivity index (χ2n) is 3.73. The zero-order valence-corrected chi connectivity index (χ0v) is 10.7. The third-order valence-electron chi connectivity index (χ3n) is 2.54. The van der Waals surface area contributed by atoms with Crippen molar-refractivity contribution in [1.29, 1.82) is 0 Å². The summed E-state index contributed by atoms with van der Waals surface area (Å²) in [6.07, 6.45) is 0. The summed E-state index contributed by atoms with van der Waals surface area (Å²) < 4.78 is 16.3. The van der Waals surface area contributed by atoms with Crippen molar-refractivity contribution in [3.05, 3.63) is 16.6 Å². The Morgan fingerprint density at radius 3 is 2.78 bits per heavy atom. The lowest BCUT2D eigenvalue weighted by molar-refractivity contribution is 0.169. The maximum absolute atomic E-state index is 10.1. The van der Waals surface area contributed by atoms with Gasteiger partial charge in [-0.25, -0.2) is 0 Å². The van der Waals surface area contributed by atoms with Crippen molar-refractivity contribution in [3.63, 3.8) is 0 Å². The van der Waals surface area contributed by atoms with Gasteiger partial charge in [0, 0.05) is 6.07 Å². The number of phenols is 1. The van der Waals surface area contributed by atoms with Crippen LogP contribution in [0, 0.1) is 0 Å². The van der Waals surface area contributed by atoms with E-state index in [0.29, 0.717) is 40.5 Å². The van der Waals surface area contributed by atoms with E-state index in [0.717, 1.165) is 0 Å². The maximum Gasteiger partial charge on any atom is 0.179 e. The Kier molecular flexibility index (Phi) is 2.55. The molecule has 6 nitrogen and oxygen atoms in total. The van der Waals surface area contributed by atoms with Crippen LogP contribution in [0.3, 0.4) is 0 Å². The molecule has 7 heteroatoms. The minimum Gasteiger partial charge on any atom is -0.506 e. The number of anilines is 1. The first-order valence-electron chi connectivity index (χ1n) is 5.20. The van der Waals surface area contributed by atoms with Gasteiger partial charge in [0.2, 0.25) is 0 Å². The van der Waals surface area contributed by atoms with E-state index >= 15 is 0 Å². The number of phenolic OH excluding ortho intramolecular Hbond substituents is 1. The van der Waals surface area contributed by atoms with E-state index in [1.807, 2.05) is 0 Å². The summed E-state index contributed by atoms with van der Waals surface area (Å²) in [6.45, 7) is 0.905. The van der Waals surface area contributed by atoms with Crippen LogP contribution in [0.2, 0.25) is 0 Å². The molecule has 0 saturated heterocycles. The Labute approximate surface area is 110 Å². The number of rotatable bonds is 1. The molecule has 1 aliphatic rings. The van der Waals surface area contributed by atoms with E-state index in [4.69, 9.17) is 19.7 Å². The summed E-state index contributed by atoms with van der Waals surface area (Å²) >= 11 is 3.27. The van der Waals surface area contributed by atoms with Crippen molar-refractivity contribution in [1.82, 2.24) is 5.16 Å². The normalized spacial score (nSPS) is 13.6. The summed E-state index contributed by atoms with van der Waals surface area (Å²) in [7, 11) is 0. The number of halogens is 1. The number of nitrogens with two attached hydrogens (primary N) is 1. The molecular weight excluding hydrogens is 304 g/mol. The molecule has 1 aromatic carbocycles. The van der Waals surface area contributed by atoms with Crippen molar-refractivity contribution in [2.75, 3.05) is 18.9 Å². The maximum atomic E-state index is 10.1. The Bertz CT molecular complexity index is 611. The number of fused-ring (bicyclic) bond motifs is 1. The molecule has 1 aromatic heterocycles. The molecule has 94 valence electrons. The Morgan fingerprint density at radius 1 is 1.28 bits per heavy atom. The van der Waals surface area contributed by atoms with Crippen molar-refractivity contribution in [3.8, 4) is 28.6 Å². The number of hydrogen-bond donors (Lipinski definition) is 2. The van der Waals surface area contributed by atoms with E-state index in [1.165, 1.54) is 6.07 Å². The molecule has 0 fully saturated rings. The SMILES string of the molecule is Nc1cc(-c2cc3c(c(Br)c2O)OCCO3)on1. The van der Waals surface area contributed by atoms with Crippen LogP contribution in [0.5, 0.6) is 17.2 Å². The van der Waals surface area contributed by atoms with Gasteiger partial charge in [-0.2, -0.15) is 0 Å². The van der Waals surface area contributed by atoms with Gasteiger partial charge in [0.1, 0.15) is 23.4 Å². The van der Waals surface area contributed by atoms with Gasteiger partial charge < -0.3 is 24.8 Å². The fourth-order valence-corrected chi connectivity index (χ4v) is 2.26.